The molecule has 8 heteroatoms. The summed E-state index contributed by atoms with van der Waals surface area (Å²) in [5.41, 5.74) is 2.94. The minimum Gasteiger partial charge on any atom is -0.321 e. The maximum atomic E-state index is 13.6. The fourth-order valence-corrected chi connectivity index (χ4v) is 5.64. The quantitative estimate of drug-likeness (QED) is 0.292. The maximum Gasteiger partial charge on any atom is 0.269 e. The number of rotatable bonds is 6. The highest BCUT2D eigenvalue weighted by molar-refractivity contribution is 8.05. The van der Waals surface area contributed by atoms with E-state index in [0.717, 1.165) is 17.5 Å². The Bertz CT molecular complexity index is 1310. The van der Waals surface area contributed by atoms with Gasteiger partial charge < -0.3 is 5.32 Å². The summed E-state index contributed by atoms with van der Waals surface area (Å²) in [5.74, 6) is -0.791. The van der Waals surface area contributed by atoms with E-state index in [1.807, 2.05) is 43.3 Å². The van der Waals surface area contributed by atoms with E-state index in [1.165, 1.54) is 16.7 Å². The predicted octanol–water partition coefficient (Wildman–Crippen LogP) is 6.62. The number of carbonyl (C=O) groups excluding carboxylic acids is 2. The Balaban J connectivity index is 1.73. The number of carbonyl (C=O) groups is 2. The smallest absolute Gasteiger partial charge is 0.269 e. The van der Waals surface area contributed by atoms with Gasteiger partial charge in [-0.05, 0) is 66.4 Å². The molecule has 1 heterocycles. The van der Waals surface area contributed by atoms with Crippen LogP contribution < -0.4 is 10.2 Å². The van der Waals surface area contributed by atoms with Crippen molar-refractivity contribution in [3.63, 3.8) is 0 Å². The number of nitriles is 1. The Hall–Kier alpha value is -3.24. The van der Waals surface area contributed by atoms with Gasteiger partial charge in [0.1, 0.15) is 16.7 Å². The lowest BCUT2D eigenvalue weighted by atomic mass is 10.1. The Morgan fingerprint density at radius 1 is 1.03 bits per heavy atom. The van der Waals surface area contributed by atoms with Crippen LogP contribution in [-0.4, -0.2) is 17.1 Å². The Labute approximate surface area is 218 Å². The molecule has 35 heavy (non-hydrogen) atoms. The molecule has 0 saturated carbocycles. The minimum absolute atomic E-state index is 0.126. The van der Waals surface area contributed by atoms with E-state index < -0.39 is 11.2 Å². The van der Waals surface area contributed by atoms with Gasteiger partial charge in [0.2, 0.25) is 5.91 Å². The van der Waals surface area contributed by atoms with Crippen LogP contribution in [0.25, 0.3) is 0 Å². The number of nitrogens with one attached hydrogen (secondary N) is 1. The number of hydrogen-bond acceptors (Lipinski definition) is 4. The van der Waals surface area contributed by atoms with Gasteiger partial charge in [0.05, 0.1) is 5.25 Å². The van der Waals surface area contributed by atoms with Crippen LogP contribution in [0.15, 0.2) is 83.4 Å². The van der Waals surface area contributed by atoms with E-state index in [0.29, 0.717) is 32.9 Å². The lowest BCUT2D eigenvalue weighted by Crippen LogP contribution is -2.31. The van der Waals surface area contributed by atoms with E-state index in [4.69, 9.17) is 23.2 Å². The third-order valence-corrected chi connectivity index (χ3v) is 7.18. The topological polar surface area (TPSA) is 73.2 Å². The molecule has 5 nitrogen and oxygen atoms in total. The molecular formula is C27H21Cl2N3O2S. The van der Waals surface area contributed by atoms with Gasteiger partial charge >= 0.3 is 0 Å². The summed E-state index contributed by atoms with van der Waals surface area (Å²) in [5, 5.41) is 13.4. The zero-order valence-corrected chi connectivity index (χ0v) is 21.1. The van der Waals surface area contributed by atoms with Crippen LogP contribution in [0.5, 0.6) is 0 Å². The second-order valence-electron chi connectivity index (χ2n) is 7.89. The first kappa shape index (κ1) is 24.9. The van der Waals surface area contributed by atoms with E-state index in [2.05, 4.69) is 5.32 Å². The number of amides is 2. The molecule has 1 fully saturated rings. The van der Waals surface area contributed by atoms with Gasteiger partial charge in [-0.15, -0.1) is 0 Å². The summed E-state index contributed by atoms with van der Waals surface area (Å²) >= 11 is 13.5. The van der Waals surface area contributed by atoms with Crippen molar-refractivity contribution in [3.8, 4) is 6.07 Å². The van der Waals surface area contributed by atoms with Crippen molar-refractivity contribution in [2.24, 2.45) is 0 Å². The normalized spacial score (nSPS) is 16.7. The van der Waals surface area contributed by atoms with Crippen LogP contribution in [-0.2, 0) is 22.4 Å². The number of halogens is 2. The average molecular weight is 522 g/mol. The molecular weight excluding hydrogens is 501 g/mol. The Morgan fingerprint density at radius 3 is 2.29 bits per heavy atom. The molecule has 3 aromatic rings. The number of benzene rings is 3. The molecule has 1 aliphatic heterocycles. The molecule has 1 N–H and O–H groups in total. The van der Waals surface area contributed by atoms with Crippen molar-refractivity contribution in [1.29, 1.82) is 5.26 Å². The Kier molecular flexibility index (Phi) is 7.82. The zero-order valence-electron chi connectivity index (χ0n) is 18.8. The van der Waals surface area contributed by atoms with Crippen LogP contribution in [0.3, 0.4) is 0 Å². The maximum absolute atomic E-state index is 13.6. The van der Waals surface area contributed by atoms with Crippen molar-refractivity contribution in [1.82, 2.24) is 0 Å². The number of para-hydroxylation sites is 1. The highest BCUT2D eigenvalue weighted by Crippen LogP contribution is 2.42. The molecule has 4 rings (SSSR count). The molecule has 3 aromatic carbocycles. The van der Waals surface area contributed by atoms with Gasteiger partial charge in [-0.25, -0.2) is 0 Å². The van der Waals surface area contributed by atoms with Gasteiger partial charge in [0.25, 0.3) is 5.91 Å². The van der Waals surface area contributed by atoms with Crippen molar-refractivity contribution in [2.45, 2.75) is 25.0 Å². The lowest BCUT2D eigenvalue weighted by molar-refractivity contribution is -0.117. The third-order valence-electron chi connectivity index (χ3n) is 5.48. The fraction of sp³-hybridized carbons (Fsp3) is 0.148. The lowest BCUT2D eigenvalue weighted by Gasteiger charge is -2.19. The summed E-state index contributed by atoms with van der Waals surface area (Å²) in [7, 11) is 0. The van der Waals surface area contributed by atoms with E-state index in [-0.39, 0.29) is 11.5 Å². The predicted molar refractivity (Wildman–Crippen MR) is 143 cm³/mol. The van der Waals surface area contributed by atoms with Crippen LogP contribution >= 0.6 is 35.0 Å². The molecule has 1 saturated heterocycles. The number of hydrogen-bond donors (Lipinski definition) is 1. The summed E-state index contributed by atoms with van der Waals surface area (Å²) < 4.78 is 0. The standard InChI is InChI=1S/C27H21Cl2N3O2S/c1-2-17-8-10-22(11-9-17)32-26(34)24(14-18-12-19(28)15-20(29)13-18)35-27(32)23(16-30)25(33)31-21-6-4-3-5-7-21/h3-13,15,24H,2,14H2,1H3,(H,31,33)/b27-23-. The van der Waals surface area contributed by atoms with E-state index in [1.54, 1.807) is 42.5 Å². The first-order chi connectivity index (χ1) is 16.9. The average Bonchev–Trinajstić information content (AvgIpc) is 3.15. The number of anilines is 2. The first-order valence-electron chi connectivity index (χ1n) is 10.9. The minimum atomic E-state index is -0.573. The highest BCUT2D eigenvalue weighted by atomic mass is 35.5. The highest BCUT2D eigenvalue weighted by Gasteiger charge is 2.40. The first-order valence-corrected chi connectivity index (χ1v) is 12.6. The van der Waals surface area contributed by atoms with Crippen LogP contribution in [0.2, 0.25) is 10.0 Å². The number of nitrogens with zero attached hydrogens (tertiary/aromatic N) is 2. The fourth-order valence-electron chi connectivity index (χ4n) is 3.76. The van der Waals surface area contributed by atoms with E-state index >= 15 is 0 Å². The monoisotopic (exact) mass is 521 g/mol. The molecule has 0 aromatic heterocycles. The van der Waals surface area contributed by atoms with Crippen molar-refractivity contribution >= 4 is 58.2 Å². The number of aryl methyl sites for hydroxylation is 1. The second kappa shape index (κ2) is 11.0. The van der Waals surface area contributed by atoms with Crippen LogP contribution in [0, 0.1) is 11.3 Å². The molecule has 0 spiro atoms. The van der Waals surface area contributed by atoms with Gasteiger partial charge in [-0.3, -0.25) is 14.5 Å². The zero-order chi connectivity index (χ0) is 24.9. The van der Waals surface area contributed by atoms with Gasteiger partial charge in [0, 0.05) is 21.4 Å². The molecule has 1 atom stereocenters. The van der Waals surface area contributed by atoms with Gasteiger partial charge in [-0.1, -0.05) is 72.2 Å². The third kappa shape index (κ3) is 5.71. The van der Waals surface area contributed by atoms with Gasteiger partial charge in [-0.2, -0.15) is 5.26 Å². The van der Waals surface area contributed by atoms with E-state index in [9.17, 15) is 14.9 Å². The molecule has 0 bridgehead atoms. The molecule has 2 amide bonds. The Morgan fingerprint density at radius 2 is 1.69 bits per heavy atom. The van der Waals surface area contributed by atoms with Crippen LogP contribution in [0.1, 0.15) is 18.1 Å². The van der Waals surface area contributed by atoms with Crippen molar-refractivity contribution in [3.05, 3.63) is 105 Å². The SMILES string of the molecule is CCc1ccc(N2C(=O)C(Cc3cc(Cl)cc(Cl)c3)S/C2=C(/C#N)C(=O)Nc2ccccc2)cc1. The number of thioether (sulfide) groups is 1. The van der Waals surface area contributed by atoms with Crippen molar-refractivity contribution in [2.75, 3.05) is 10.2 Å². The largest absolute Gasteiger partial charge is 0.321 e. The molecule has 1 unspecified atom stereocenters. The second-order valence-corrected chi connectivity index (χ2v) is 9.96. The van der Waals surface area contributed by atoms with Crippen molar-refractivity contribution < 1.29 is 9.59 Å². The molecule has 0 aliphatic carbocycles. The molecule has 1 aliphatic rings. The summed E-state index contributed by atoms with van der Waals surface area (Å²) in [6, 6.07) is 23.6. The summed E-state index contributed by atoms with van der Waals surface area (Å²) in [6.45, 7) is 2.05. The van der Waals surface area contributed by atoms with Gasteiger partial charge in [0.15, 0.2) is 0 Å². The summed E-state index contributed by atoms with van der Waals surface area (Å²) in [4.78, 5) is 28.2. The van der Waals surface area contributed by atoms with Crippen LogP contribution in [0.4, 0.5) is 11.4 Å². The summed E-state index contributed by atoms with van der Waals surface area (Å²) in [6.07, 6.45) is 1.20. The molecule has 0 radical (unpaired) electrons. The molecule has 176 valence electrons.